The van der Waals surface area contributed by atoms with Crippen LogP contribution in [0.15, 0.2) is 24.5 Å². The van der Waals surface area contributed by atoms with Crippen LogP contribution in [-0.2, 0) is 0 Å². The molecule has 1 fully saturated rings. The van der Waals surface area contributed by atoms with E-state index in [4.69, 9.17) is 0 Å². The van der Waals surface area contributed by atoms with Crippen LogP contribution in [0.2, 0.25) is 0 Å². The van der Waals surface area contributed by atoms with Crippen molar-refractivity contribution < 1.29 is 4.79 Å². The summed E-state index contributed by atoms with van der Waals surface area (Å²) in [6, 6.07) is 3.51. The molecule has 0 amide bonds. The van der Waals surface area contributed by atoms with Crippen molar-refractivity contribution in [2.24, 2.45) is 0 Å². The van der Waals surface area contributed by atoms with Gasteiger partial charge < -0.3 is 4.90 Å². The molecule has 1 saturated heterocycles. The lowest BCUT2D eigenvalue weighted by molar-refractivity contribution is 0.111. The molecule has 8 nitrogen and oxygen atoms in total. The second-order valence-corrected chi connectivity index (χ2v) is 5.45. The molecule has 0 N–H and O–H groups in total. The summed E-state index contributed by atoms with van der Waals surface area (Å²) in [6.07, 6.45) is 7.51. The molecule has 0 bridgehead atoms. The van der Waals surface area contributed by atoms with Crippen LogP contribution < -0.4 is 4.90 Å². The SMILES string of the molecule is O=Cc1cc(N2CCCCC2)c2nnc(-c3ncccn3)n2n1. The highest BCUT2D eigenvalue weighted by molar-refractivity contribution is 5.79. The topological polar surface area (TPSA) is 89.2 Å². The molecule has 3 aromatic heterocycles. The van der Waals surface area contributed by atoms with E-state index in [9.17, 15) is 4.79 Å². The van der Waals surface area contributed by atoms with E-state index in [1.165, 1.54) is 6.42 Å². The third kappa shape index (κ3) is 2.41. The van der Waals surface area contributed by atoms with Crippen molar-refractivity contribution in [3.05, 3.63) is 30.2 Å². The van der Waals surface area contributed by atoms with Gasteiger partial charge in [0.1, 0.15) is 5.69 Å². The summed E-state index contributed by atoms with van der Waals surface area (Å²) in [5, 5.41) is 12.7. The number of aldehydes is 1. The fourth-order valence-electron chi connectivity index (χ4n) is 2.86. The maximum atomic E-state index is 11.3. The Balaban J connectivity index is 1.90. The highest BCUT2D eigenvalue weighted by Gasteiger charge is 2.20. The van der Waals surface area contributed by atoms with E-state index in [0.29, 0.717) is 23.0 Å². The lowest BCUT2D eigenvalue weighted by atomic mass is 10.1. The van der Waals surface area contributed by atoms with Crippen LogP contribution in [0.5, 0.6) is 0 Å². The molecule has 0 unspecified atom stereocenters. The van der Waals surface area contributed by atoms with Crippen LogP contribution in [0.25, 0.3) is 17.3 Å². The minimum atomic E-state index is 0.343. The molecule has 0 radical (unpaired) electrons. The summed E-state index contributed by atoms with van der Waals surface area (Å²) in [5.41, 5.74) is 1.85. The van der Waals surface area contributed by atoms with E-state index >= 15 is 0 Å². The predicted molar refractivity (Wildman–Crippen MR) is 83.3 cm³/mol. The Morgan fingerprint density at radius 3 is 2.57 bits per heavy atom. The number of piperidine rings is 1. The van der Waals surface area contributed by atoms with Crippen LogP contribution in [0.4, 0.5) is 5.69 Å². The zero-order valence-corrected chi connectivity index (χ0v) is 12.5. The summed E-state index contributed by atoms with van der Waals surface area (Å²) in [6.45, 7) is 1.89. The molecule has 0 atom stereocenters. The Bertz CT molecular complexity index is 840. The highest BCUT2D eigenvalue weighted by atomic mass is 16.1. The molecule has 8 heteroatoms. The number of fused-ring (bicyclic) bond motifs is 1. The van der Waals surface area contributed by atoms with Gasteiger partial charge in [0, 0.05) is 25.5 Å². The van der Waals surface area contributed by atoms with Gasteiger partial charge in [-0.3, -0.25) is 4.79 Å². The Hall–Kier alpha value is -2.90. The monoisotopic (exact) mass is 309 g/mol. The summed E-state index contributed by atoms with van der Waals surface area (Å²) in [7, 11) is 0. The van der Waals surface area contributed by atoms with E-state index in [1.807, 2.05) is 0 Å². The molecular weight excluding hydrogens is 294 g/mol. The molecule has 1 aliphatic heterocycles. The molecule has 3 aromatic rings. The molecular formula is C15H15N7O. The van der Waals surface area contributed by atoms with Crippen LogP contribution in [-0.4, -0.2) is 49.2 Å². The molecule has 0 aliphatic carbocycles. The van der Waals surface area contributed by atoms with Crippen molar-refractivity contribution in [2.75, 3.05) is 18.0 Å². The van der Waals surface area contributed by atoms with Gasteiger partial charge >= 0.3 is 0 Å². The molecule has 0 saturated carbocycles. The Morgan fingerprint density at radius 2 is 1.83 bits per heavy atom. The zero-order valence-electron chi connectivity index (χ0n) is 12.5. The number of aromatic nitrogens is 6. The highest BCUT2D eigenvalue weighted by Crippen LogP contribution is 2.26. The third-order valence-electron chi connectivity index (χ3n) is 3.95. The summed E-state index contributed by atoms with van der Waals surface area (Å²) < 4.78 is 1.56. The second kappa shape index (κ2) is 5.71. The minimum Gasteiger partial charge on any atom is -0.368 e. The number of hydrogen-bond acceptors (Lipinski definition) is 7. The summed E-state index contributed by atoms with van der Waals surface area (Å²) in [4.78, 5) is 21.9. The quantitative estimate of drug-likeness (QED) is 0.675. The van der Waals surface area contributed by atoms with Gasteiger partial charge in [0.05, 0.1) is 5.69 Å². The number of rotatable bonds is 3. The number of carbonyl (C=O) groups is 1. The first-order valence-electron chi connectivity index (χ1n) is 7.61. The van der Waals surface area contributed by atoms with Gasteiger partial charge in [0.25, 0.3) is 0 Å². The molecule has 4 heterocycles. The Labute approximate surface area is 132 Å². The smallest absolute Gasteiger partial charge is 0.223 e. The van der Waals surface area contributed by atoms with Crippen molar-refractivity contribution in [1.29, 1.82) is 0 Å². The molecule has 4 rings (SSSR count). The first-order valence-corrected chi connectivity index (χ1v) is 7.61. The minimum absolute atomic E-state index is 0.343. The van der Waals surface area contributed by atoms with E-state index in [2.05, 4.69) is 30.2 Å². The van der Waals surface area contributed by atoms with Crippen molar-refractivity contribution in [1.82, 2.24) is 29.8 Å². The van der Waals surface area contributed by atoms with Crippen LogP contribution >= 0.6 is 0 Å². The maximum Gasteiger partial charge on any atom is 0.223 e. The van der Waals surface area contributed by atoms with E-state index in [1.54, 1.807) is 29.0 Å². The van der Waals surface area contributed by atoms with Gasteiger partial charge in [-0.15, -0.1) is 10.2 Å². The first-order chi connectivity index (χ1) is 11.4. The standard InChI is InChI=1S/C15H15N7O/c23-10-11-9-12(21-7-2-1-3-8-21)14-18-19-15(22(14)20-11)13-16-5-4-6-17-13/h4-6,9-10H,1-3,7-8H2. The maximum absolute atomic E-state index is 11.3. The Kier molecular flexibility index (Phi) is 3.41. The average Bonchev–Trinajstić information content (AvgIpc) is 3.06. The molecule has 23 heavy (non-hydrogen) atoms. The number of carbonyl (C=O) groups excluding carboxylic acids is 1. The van der Waals surface area contributed by atoms with E-state index in [-0.39, 0.29) is 0 Å². The fraction of sp³-hybridized carbons (Fsp3) is 0.333. The van der Waals surface area contributed by atoms with Gasteiger partial charge in [-0.2, -0.15) is 9.61 Å². The lowest BCUT2D eigenvalue weighted by Crippen LogP contribution is -2.30. The van der Waals surface area contributed by atoms with Crippen molar-refractivity contribution in [3.8, 4) is 11.6 Å². The molecule has 0 aromatic carbocycles. The van der Waals surface area contributed by atoms with Gasteiger partial charge in [-0.25, -0.2) is 9.97 Å². The molecule has 0 spiro atoms. The number of nitrogens with zero attached hydrogens (tertiary/aromatic N) is 7. The van der Waals surface area contributed by atoms with Gasteiger partial charge in [0.15, 0.2) is 12.1 Å². The predicted octanol–water partition coefficient (Wildman–Crippen LogP) is 1.38. The van der Waals surface area contributed by atoms with Crippen LogP contribution in [0.3, 0.4) is 0 Å². The summed E-state index contributed by atoms with van der Waals surface area (Å²) >= 11 is 0. The van der Waals surface area contributed by atoms with Crippen LogP contribution in [0.1, 0.15) is 29.8 Å². The first kappa shape index (κ1) is 13.7. The van der Waals surface area contributed by atoms with Crippen molar-refractivity contribution >= 4 is 17.6 Å². The van der Waals surface area contributed by atoms with Crippen LogP contribution in [0, 0.1) is 0 Å². The third-order valence-corrected chi connectivity index (χ3v) is 3.95. The van der Waals surface area contributed by atoms with E-state index in [0.717, 1.165) is 37.9 Å². The van der Waals surface area contributed by atoms with Crippen molar-refractivity contribution in [2.45, 2.75) is 19.3 Å². The van der Waals surface area contributed by atoms with E-state index < -0.39 is 0 Å². The second-order valence-electron chi connectivity index (χ2n) is 5.45. The molecule has 1 aliphatic rings. The van der Waals surface area contributed by atoms with Gasteiger partial charge in [-0.05, 0) is 31.4 Å². The molecule has 116 valence electrons. The zero-order chi connectivity index (χ0) is 15.6. The van der Waals surface area contributed by atoms with Gasteiger partial charge in [-0.1, -0.05) is 0 Å². The normalized spacial score (nSPS) is 15.0. The number of hydrogen-bond donors (Lipinski definition) is 0. The van der Waals surface area contributed by atoms with Gasteiger partial charge in [0.2, 0.25) is 11.5 Å². The Morgan fingerprint density at radius 1 is 1.04 bits per heavy atom. The largest absolute Gasteiger partial charge is 0.368 e. The average molecular weight is 309 g/mol. The van der Waals surface area contributed by atoms with Crippen molar-refractivity contribution in [3.63, 3.8) is 0 Å². The lowest BCUT2D eigenvalue weighted by Gasteiger charge is -2.28. The summed E-state index contributed by atoms with van der Waals surface area (Å²) in [5.74, 6) is 0.864. The fourth-order valence-corrected chi connectivity index (χ4v) is 2.86. The number of anilines is 1.